The lowest BCUT2D eigenvalue weighted by Crippen LogP contribution is -2.43. The molecule has 0 atom stereocenters. The Morgan fingerprint density at radius 3 is 1.94 bits per heavy atom. The van der Waals surface area contributed by atoms with Crippen molar-refractivity contribution in [2.75, 3.05) is 21.3 Å². The molecule has 0 unspecified atom stereocenters. The van der Waals surface area contributed by atoms with E-state index < -0.39 is 8.80 Å². The number of aliphatic hydroxyl groups is 1. The average molecular weight is 248 g/mol. The van der Waals surface area contributed by atoms with Crippen LogP contribution < -0.4 is 0 Å². The molecule has 1 aliphatic rings. The van der Waals surface area contributed by atoms with Crippen LogP contribution in [-0.4, -0.2) is 41.3 Å². The minimum Gasteiger partial charge on any atom is -0.393 e. The van der Waals surface area contributed by atoms with Gasteiger partial charge in [-0.15, -0.1) is 0 Å². The highest BCUT2D eigenvalue weighted by Crippen LogP contribution is 2.30. The summed E-state index contributed by atoms with van der Waals surface area (Å²) in [5.74, 6) is 0.690. The predicted molar refractivity (Wildman–Crippen MR) is 64.2 cm³/mol. The molecule has 5 heteroatoms. The highest BCUT2D eigenvalue weighted by Gasteiger charge is 2.38. The monoisotopic (exact) mass is 248 g/mol. The second kappa shape index (κ2) is 6.71. The van der Waals surface area contributed by atoms with Crippen LogP contribution in [0.5, 0.6) is 0 Å². The van der Waals surface area contributed by atoms with Gasteiger partial charge in [0, 0.05) is 27.4 Å². The molecule has 0 radical (unpaired) electrons. The molecule has 0 spiro atoms. The molecule has 1 N–H and O–H groups in total. The van der Waals surface area contributed by atoms with Crippen molar-refractivity contribution in [3.05, 3.63) is 0 Å². The highest BCUT2D eigenvalue weighted by atomic mass is 28.4. The Bertz CT molecular complexity index is 180. The van der Waals surface area contributed by atoms with E-state index >= 15 is 0 Å². The maximum Gasteiger partial charge on any atom is 0.500 e. The first-order chi connectivity index (χ1) is 7.65. The van der Waals surface area contributed by atoms with Crippen LogP contribution in [0.4, 0.5) is 0 Å². The highest BCUT2D eigenvalue weighted by molar-refractivity contribution is 6.60. The molecule has 96 valence electrons. The van der Waals surface area contributed by atoms with Crippen molar-refractivity contribution < 1.29 is 18.4 Å². The zero-order valence-electron chi connectivity index (χ0n) is 10.6. The topological polar surface area (TPSA) is 47.9 Å². The van der Waals surface area contributed by atoms with E-state index in [1.807, 2.05) is 0 Å². The largest absolute Gasteiger partial charge is 0.500 e. The van der Waals surface area contributed by atoms with Gasteiger partial charge in [-0.1, -0.05) is 0 Å². The minimum atomic E-state index is -2.38. The molecule has 1 rings (SSSR count). The average Bonchev–Trinajstić information content (AvgIpc) is 2.34. The van der Waals surface area contributed by atoms with E-state index in [0.717, 1.165) is 38.1 Å². The van der Waals surface area contributed by atoms with Gasteiger partial charge >= 0.3 is 8.80 Å². The summed E-state index contributed by atoms with van der Waals surface area (Å²) in [6.45, 7) is 0. The standard InChI is InChI=1S/C11H24O4Si/c1-13-16(14-2,15-3)9-8-10-4-6-11(12)7-5-10/h10-12H,4-9H2,1-3H3. The Hall–Kier alpha value is 0.0569. The van der Waals surface area contributed by atoms with Gasteiger partial charge in [-0.2, -0.15) is 0 Å². The van der Waals surface area contributed by atoms with Crippen LogP contribution >= 0.6 is 0 Å². The lowest BCUT2D eigenvalue weighted by atomic mass is 9.86. The summed E-state index contributed by atoms with van der Waals surface area (Å²) < 4.78 is 16.2. The Kier molecular flexibility index (Phi) is 5.92. The molecule has 0 aromatic rings. The number of rotatable bonds is 6. The summed E-state index contributed by atoms with van der Waals surface area (Å²) in [4.78, 5) is 0. The van der Waals surface area contributed by atoms with E-state index in [1.54, 1.807) is 21.3 Å². The van der Waals surface area contributed by atoms with Crippen LogP contribution in [0.1, 0.15) is 32.1 Å². The molecule has 0 aliphatic heterocycles. The lowest BCUT2D eigenvalue weighted by Gasteiger charge is -2.29. The van der Waals surface area contributed by atoms with Crippen LogP contribution in [0.3, 0.4) is 0 Å². The van der Waals surface area contributed by atoms with Crippen molar-refractivity contribution in [1.82, 2.24) is 0 Å². The van der Waals surface area contributed by atoms with Crippen LogP contribution in [0.15, 0.2) is 0 Å². The molecule has 0 bridgehead atoms. The minimum absolute atomic E-state index is 0.0782. The number of aliphatic hydroxyl groups excluding tert-OH is 1. The van der Waals surface area contributed by atoms with Crippen molar-refractivity contribution >= 4 is 8.80 Å². The summed E-state index contributed by atoms with van der Waals surface area (Å²) in [7, 11) is 2.59. The van der Waals surface area contributed by atoms with Crippen LogP contribution in [0.2, 0.25) is 6.04 Å². The fourth-order valence-electron chi connectivity index (χ4n) is 2.37. The van der Waals surface area contributed by atoms with Crippen molar-refractivity contribution in [2.24, 2.45) is 5.92 Å². The van der Waals surface area contributed by atoms with E-state index in [9.17, 15) is 5.11 Å². The van der Waals surface area contributed by atoms with E-state index in [4.69, 9.17) is 13.3 Å². The summed E-state index contributed by atoms with van der Waals surface area (Å²) in [5.41, 5.74) is 0. The van der Waals surface area contributed by atoms with Gasteiger partial charge in [0.15, 0.2) is 0 Å². The van der Waals surface area contributed by atoms with Gasteiger partial charge in [0.05, 0.1) is 6.10 Å². The predicted octanol–water partition coefficient (Wildman–Crippen LogP) is 1.81. The fourth-order valence-corrected chi connectivity index (χ4v) is 4.24. The van der Waals surface area contributed by atoms with Crippen molar-refractivity contribution in [2.45, 2.75) is 44.3 Å². The maximum atomic E-state index is 9.43. The molecular formula is C11H24O4Si. The molecule has 16 heavy (non-hydrogen) atoms. The lowest BCUT2D eigenvalue weighted by molar-refractivity contribution is 0.0997. The Balaban J connectivity index is 2.32. The quantitative estimate of drug-likeness (QED) is 0.728. The number of hydrogen-bond acceptors (Lipinski definition) is 4. The van der Waals surface area contributed by atoms with Gasteiger partial charge in [0.2, 0.25) is 0 Å². The fraction of sp³-hybridized carbons (Fsp3) is 1.00. The van der Waals surface area contributed by atoms with Gasteiger partial charge in [0.1, 0.15) is 0 Å². The molecular weight excluding hydrogens is 224 g/mol. The second-order valence-corrected chi connectivity index (χ2v) is 7.60. The second-order valence-electron chi connectivity index (χ2n) is 4.51. The van der Waals surface area contributed by atoms with Crippen molar-refractivity contribution in [3.63, 3.8) is 0 Å². The van der Waals surface area contributed by atoms with Gasteiger partial charge in [0.25, 0.3) is 0 Å². The van der Waals surface area contributed by atoms with Crippen molar-refractivity contribution in [1.29, 1.82) is 0 Å². The summed E-state index contributed by atoms with van der Waals surface area (Å²) in [6.07, 6.45) is 5.10. The van der Waals surface area contributed by atoms with Crippen LogP contribution in [0.25, 0.3) is 0 Å². The van der Waals surface area contributed by atoms with Gasteiger partial charge in [-0.25, -0.2) is 0 Å². The van der Waals surface area contributed by atoms with Crippen molar-refractivity contribution in [3.8, 4) is 0 Å². The molecule has 1 fully saturated rings. The normalized spacial score (nSPS) is 27.0. The van der Waals surface area contributed by atoms with E-state index in [2.05, 4.69) is 0 Å². The summed E-state index contributed by atoms with van der Waals surface area (Å²) >= 11 is 0. The Morgan fingerprint density at radius 1 is 1.00 bits per heavy atom. The maximum absolute atomic E-state index is 9.43. The Morgan fingerprint density at radius 2 is 1.50 bits per heavy atom. The van der Waals surface area contributed by atoms with E-state index in [1.165, 1.54) is 0 Å². The molecule has 0 aromatic carbocycles. The smallest absolute Gasteiger partial charge is 0.393 e. The SMILES string of the molecule is CO[Si](CCC1CCC(O)CC1)(OC)OC. The summed E-state index contributed by atoms with van der Waals surface area (Å²) in [5, 5.41) is 9.43. The number of hydrogen-bond donors (Lipinski definition) is 1. The Labute approximate surface area is 99.3 Å². The van der Waals surface area contributed by atoms with Crippen LogP contribution in [0, 0.1) is 5.92 Å². The zero-order chi connectivity index (χ0) is 12.0. The molecule has 4 nitrogen and oxygen atoms in total. The first-order valence-electron chi connectivity index (χ1n) is 5.99. The van der Waals surface area contributed by atoms with E-state index in [0.29, 0.717) is 5.92 Å². The zero-order valence-corrected chi connectivity index (χ0v) is 11.6. The van der Waals surface area contributed by atoms with Gasteiger partial charge in [-0.05, 0) is 38.0 Å². The molecule has 0 aromatic heterocycles. The summed E-state index contributed by atoms with van der Waals surface area (Å²) in [6, 6.07) is 0.872. The molecule has 1 saturated carbocycles. The third-order valence-corrected chi connectivity index (χ3v) is 6.38. The van der Waals surface area contributed by atoms with Gasteiger partial charge < -0.3 is 18.4 Å². The molecule has 0 amide bonds. The van der Waals surface area contributed by atoms with Gasteiger partial charge in [-0.3, -0.25) is 0 Å². The third kappa shape index (κ3) is 3.82. The third-order valence-electron chi connectivity index (χ3n) is 3.61. The molecule has 0 heterocycles. The first-order valence-corrected chi connectivity index (χ1v) is 7.92. The molecule has 1 aliphatic carbocycles. The van der Waals surface area contributed by atoms with E-state index in [-0.39, 0.29) is 6.10 Å². The molecule has 0 saturated heterocycles. The first kappa shape index (κ1) is 14.1. The van der Waals surface area contributed by atoms with Crippen LogP contribution in [-0.2, 0) is 13.3 Å².